The lowest BCUT2D eigenvalue weighted by Crippen LogP contribution is -2.10. The van der Waals surface area contributed by atoms with Crippen LogP contribution in [0.3, 0.4) is 0 Å². The predicted octanol–water partition coefficient (Wildman–Crippen LogP) is 5.59. The maximum Gasteiger partial charge on any atom is 0.503 e. The number of ether oxygens (including phenoxy) is 2. The fraction of sp³-hybridized carbons (Fsp3) is 0.409. The van der Waals surface area contributed by atoms with Gasteiger partial charge in [-0.1, -0.05) is 25.3 Å². The van der Waals surface area contributed by atoms with E-state index in [0.29, 0.717) is 12.7 Å². The van der Waals surface area contributed by atoms with Crippen LogP contribution in [-0.4, -0.2) is 33.1 Å². The van der Waals surface area contributed by atoms with Crippen molar-refractivity contribution < 1.29 is 24.5 Å². The van der Waals surface area contributed by atoms with Crippen molar-refractivity contribution in [2.45, 2.75) is 51.4 Å². The Hall–Kier alpha value is -2.87. The molecule has 0 saturated heterocycles. The second-order valence-electron chi connectivity index (χ2n) is 7.61. The first-order chi connectivity index (χ1) is 14.5. The summed E-state index contributed by atoms with van der Waals surface area (Å²) in [6.07, 6.45) is 5.35. The van der Waals surface area contributed by atoms with E-state index in [-0.39, 0.29) is 0 Å². The summed E-state index contributed by atoms with van der Waals surface area (Å²) in [6, 6.07) is 6.19. The van der Waals surface area contributed by atoms with E-state index in [1.54, 1.807) is 11.3 Å². The van der Waals surface area contributed by atoms with Gasteiger partial charge in [-0.05, 0) is 48.4 Å². The highest BCUT2D eigenvalue weighted by Gasteiger charge is 2.22. The van der Waals surface area contributed by atoms with Crippen molar-refractivity contribution in [1.82, 2.24) is 9.97 Å². The van der Waals surface area contributed by atoms with E-state index in [4.69, 9.17) is 34.4 Å². The molecule has 1 saturated carbocycles. The Balaban J connectivity index is 0.000000503. The topological polar surface area (TPSA) is 102 Å². The lowest BCUT2D eigenvalue weighted by Gasteiger charge is -2.21. The molecule has 0 spiro atoms. The summed E-state index contributed by atoms with van der Waals surface area (Å²) in [5, 5.41) is 17.4. The van der Waals surface area contributed by atoms with Gasteiger partial charge in [0.2, 0.25) is 6.79 Å². The average molecular weight is 429 g/mol. The van der Waals surface area contributed by atoms with Crippen LogP contribution in [0.15, 0.2) is 23.6 Å². The quantitative estimate of drug-likeness (QED) is 0.561. The maximum atomic E-state index is 8.56. The molecule has 1 aliphatic carbocycles. The monoisotopic (exact) mass is 428 g/mol. The second kappa shape index (κ2) is 8.87. The molecule has 7 nitrogen and oxygen atoms in total. The first-order valence-corrected chi connectivity index (χ1v) is 10.9. The van der Waals surface area contributed by atoms with Crippen LogP contribution in [0.1, 0.15) is 60.7 Å². The number of rotatable bonds is 3. The molecule has 0 amide bonds. The molecule has 0 radical (unpaired) electrons. The number of benzene rings is 1. The minimum Gasteiger partial charge on any atom is -0.454 e. The normalized spacial score (nSPS) is 15.6. The van der Waals surface area contributed by atoms with Gasteiger partial charge in [0.05, 0.1) is 5.69 Å². The molecule has 2 aliphatic rings. The van der Waals surface area contributed by atoms with Crippen LogP contribution in [0.5, 0.6) is 11.5 Å². The van der Waals surface area contributed by atoms with Gasteiger partial charge in [-0.25, -0.2) is 14.8 Å². The fourth-order valence-electron chi connectivity index (χ4n) is 4.10. The Bertz CT molecular complexity index is 1060. The van der Waals surface area contributed by atoms with Crippen LogP contribution < -0.4 is 9.47 Å². The van der Waals surface area contributed by atoms with Crippen molar-refractivity contribution in [2.75, 3.05) is 6.79 Å². The van der Waals surface area contributed by atoms with Crippen molar-refractivity contribution in [3.63, 3.8) is 0 Å². The number of fused-ring (bicyclic) bond motifs is 2. The lowest BCUT2D eigenvalue weighted by molar-refractivity contribution is 0.137. The zero-order chi connectivity index (χ0) is 21.1. The number of hydrogen-bond acceptors (Lipinski definition) is 6. The second-order valence-corrected chi connectivity index (χ2v) is 8.47. The number of aryl methyl sites for hydroxylation is 1. The van der Waals surface area contributed by atoms with Crippen LogP contribution in [0, 0.1) is 6.92 Å². The third-order valence-electron chi connectivity index (χ3n) is 5.49. The molecule has 2 N–H and O–H groups in total. The van der Waals surface area contributed by atoms with E-state index in [0.717, 1.165) is 34.3 Å². The summed E-state index contributed by atoms with van der Waals surface area (Å²) in [6.45, 7) is 2.47. The van der Waals surface area contributed by atoms with E-state index < -0.39 is 6.16 Å². The SMILES string of the molecule is Cc1csc2nc(C3CCCCC3)nc(Cc3ccc4c(c3)OCO4)c12.O=C(O)O. The van der Waals surface area contributed by atoms with Crippen molar-refractivity contribution in [3.05, 3.63) is 46.2 Å². The Morgan fingerprint density at radius 3 is 2.63 bits per heavy atom. The third-order valence-corrected chi connectivity index (χ3v) is 6.48. The van der Waals surface area contributed by atoms with Gasteiger partial charge in [-0.3, -0.25) is 0 Å². The third kappa shape index (κ3) is 4.48. The molecule has 1 aliphatic heterocycles. The largest absolute Gasteiger partial charge is 0.503 e. The van der Waals surface area contributed by atoms with Gasteiger partial charge < -0.3 is 19.7 Å². The van der Waals surface area contributed by atoms with Gasteiger partial charge >= 0.3 is 6.16 Å². The number of hydrogen-bond donors (Lipinski definition) is 2. The summed E-state index contributed by atoms with van der Waals surface area (Å²) in [7, 11) is 0. The molecule has 5 rings (SSSR count). The molecule has 2 aromatic heterocycles. The molecule has 0 unspecified atom stereocenters. The lowest BCUT2D eigenvalue weighted by atomic mass is 9.88. The minimum atomic E-state index is -1.83. The van der Waals surface area contributed by atoms with Crippen molar-refractivity contribution >= 4 is 27.7 Å². The van der Waals surface area contributed by atoms with E-state index in [1.165, 1.54) is 48.6 Å². The van der Waals surface area contributed by atoms with E-state index >= 15 is 0 Å². The molecule has 1 aromatic carbocycles. The average Bonchev–Trinajstić information content (AvgIpc) is 3.34. The Labute approximate surface area is 178 Å². The maximum absolute atomic E-state index is 8.56. The highest BCUT2D eigenvalue weighted by atomic mass is 32.1. The van der Waals surface area contributed by atoms with Crippen LogP contribution in [-0.2, 0) is 6.42 Å². The number of aromatic nitrogens is 2. The van der Waals surface area contributed by atoms with Gasteiger partial charge in [0.1, 0.15) is 10.7 Å². The van der Waals surface area contributed by atoms with Crippen LogP contribution in [0.25, 0.3) is 10.2 Å². The molecule has 30 heavy (non-hydrogen) atoms. The molecular weight excluding hydrogens is 404 g/mol. The molecule has 3 aromatic rings. The Morgan fingerprint density at radius 2 is 1.87 bits per heavy atom. The number of carbonyl (C=O) groups is 1. The molecule has 3 heterocycles. The zero-order valence-corrected chi connectivity index (χ0v) is 17.6. The molecule has 0 bridgehead atoms. The van der Waals surface area contributed by atoms with Crippen LogP contribution in [0.4, 0.5) is 4.79 Å². The minimum absolute atomic E-state index is 0.312. The number of thiophene rings is 1. The highest BCUT2D eigenvalue weighted by Crippen LogP contribution is 2.36. The van der Waals surface area contributed by atoms with Crippen LogP contribution >= 0.6 is 11.3 Å². The number of nitrogens with zero attached hydrogens (tertiary/aromatic N) is 2. The van der Waals surface area contributed by atoms with Gasteiger partial charge in [0.25, 0.3) is 0 Å². The summed E-state index contributed by atoms with van der Waals surface area (Å²) >= 11 is 1.74. The van der Waals surface area contributed by atoms with Crippen LogP contribution in [0.2, 0.25) is 0 Å². The molecular formula is C22H24N2O5S. The molecule has 0 atom stereocenters. The molecule has 1 fully saturated rings. The van der Waals surface area contributed by atoms with Gasteiger partial charge in [0.15, 0.2) is 11.5 Å². The highest BCUT2D eigenvalue weighted by molar-refractivity contribution is 7.16. The van der Waals surface area contributed by atoms with Crippen molar-refractivity contribution in [1.29, 1.82) is 0 Å². The standard InChI is InChI=1S/C21H22N2O2S.CH2O3/c1-13-11-26-21-19(13)16(22-20(23-21)15-5-3-2-4-6-15)9-14-7-8-17-18(10-14)25-12-24-17;2-1(3)4/h7-8,10-11,15H,2-6,9,12H2,1H3;(H2,2,3,4). The zero-order valence-electron chi connectivity index (χ0n) is 16.8. The Morgan fingerprint density at radius 1 is 1.13 bits per heavy atom. The number of carboxylic acid groups (broad SMARTS) is 2. The predicted molar refractivity (Wildman–Crippen MR) is 114 cm³/mol. The van der Waals surface area contributed by atoms with E-state index in [2.05, 4.69) is 24.4 Å². The van der Waals surface area contributed by atoms with Gasteiger partial charge in [-0.2, -0.15) is 0 Å². The van der Waals surface area contributed by atoms with Crippen molar-refractivity contribution in [3.8, 4) is 11.5 Å². The van der Waals surface area contributed by atoms with Gasteiger partial charge in [-0.15, -0.1) is 11.3 Å². The summed E-state index contributed by atoms with van der Waals surface area (Å²) in [5.74, 6) is 3.24. The first kappa shape index (κ1) is 20.4. The molecule has 158 valence electrons. The van der Waals surface area contributed by atoms with E-state index in [9.17, 15) is 0 Å². The Kier molecular flexibility index (Phi) is 6.03. The summed E-state index contributed by atoms with van der Waals surface area (Å²) in [4.78, 5) is 19.7. The molecule has 8 heteroatoms. The van der Waals surface area contributed by atoms with E-state index in [1.807, 2.05) is 6.07 Å². The van der Waals surface area contributed by atoms with Gasteiger partial charge in [0, 0.05) is 17.7 Å². The fourth-order valence-corrected chi connectivity index (χ4v) is 5.05. The summed E-state index contributed by atoms with van der Waals surface area (Å²) in [5.41, 5.74) is 3.62. The summed E-state index contributed by atoms with van der Waals surface area (Å²) < 4.78 is 11.0. The smallest absolute Gasteiger partial charge is 0.454 e. The first-order valence-electron chi connectivity index (χ1n) is 10.1. The van der Waals surface area contributed by atoms with Crippen molar-refractivity contribution in [2.24, 2.45) is 0 Å².